The largest absolute Gasteiger partial charge is 0.469 e. The van der Waals surface area contributed by atoms with Crippen molar-refractivity contribution < 1.29 is 14.3 Å². The normalized spacial score (nSPS) is 13.5. The lowest BCUT2D eigenvalue weighted by Gasteiger charge is -2.20. The van der Waals surface area contributed by atoms with Crippen molar-refractivity contribution in [2.24, 2.45) is 0 Å². The Balaban J connectivity index is 2.31. The highest BCUT2D eigenvalue weighted by Crippen LogP contribution is 2.07. The third kappa shape index (κ3) is 4.06. The van der Waals surface area contributed by atoms with Crippen LogP contribution in [0.15, 0.2) is 22.8 Å². The molecule has 0 aliphatic carbocycles. The van der Waals surface area contributed by atoms with E-state index in [-0.39, 0.29) is 11.9 Å². The second-order valence-corrected chi connectivity index (χ2v) is 4.55. The van der Waals surface area contributed by atoms with Gasteiger partial charge in [0, 0.05) is 12.5 Å². The van der Waals surface area contributed by atoms with Gasteiger partial charge >= 0.3 is 0 Å². The van der Waals surface area contributed by atoms with Crippen LogP contribution in [0.2, 0.25) is 0 Å². The van der Waals surface area contributed by atoms with E-state index in [1.807, 2.05) is 19.1 Å². The molecule has 16 heavy (non-hydrogen) atoms. The van der Waals surface area contributed by atoms with E-state index >= 15 is 0 Å². The number of aliphatic hydroxyl groups is 1. The van der Waals surface area contributed by atoms with Gasteiger partial charge in [-0.1, -0.05) is 0 Å². The van der Waals surface area contributed by atoms with Crippen molar-refractivity contribution in [1.82, 2.24) is 5.32 Å². The van der Waals surface area contributed by atoms with E-state index < -0.39 is 5.60 Å². The van der Waals surface area contributed by atoms with Crippen LogP contribution in [0.5, 0.6) is 0 Å². The SMILES string of the molecule is CC(CCc1ccco1)NC(=O)C(C)(C)O. The lowest BCUT2D eigenvalue weighted by molar-refractivity contribution is -0.137. The Kier molecular flexibility index (Phi) is 4.12. The van der Waals surface area contributed by atoms with Gasteiger partial charge in [-0.3, -0.25) is 4.79 Å². The predicted molar refractivity (Wildman–Crippen MR) is 60.9 cm³/mol. The third-order valence-corrected chi connectivity index (χ3v) is 2.34. The molecule has 0 aliphatic heterocycles. The van der Waals surface area contributed by atoms with Crippen molar-refractivity contribution in [3.8, 4) is 0 Å². The Morgan fingerprint density at radius 2 is 2.31 bits per heavy atom. The fourth-order valence-corrected chi connectivity index (χ4v) is 1.29. The minimum atomic E-state index is -1.32. The summed E-state index contributed by atoms with van der Waals surface area (Å²) in [7, 11) is 0. The molecule has 0 aromatic carbocycles. The summed E-state index contributed by atoms with van der Waals surface area (Å²) in [4.78, 5) is 11.5. The Hall–Kier alpha value is -1.29. The van der Waals surface area contributed by atoms with Crippen molar-refractivity contribution in [2.45, 2.75) is 45.3 Å². The molecule has 0 bridgehead atoms. The molecular weight excluding hydrogens is 206 g/mol. The van der Waals surface area contributed by atoms with Gasteiger partial charge in [0.2, 0.25) is 0 Å². The fourth-order valence-electron chi connectivity index (χ4n) is 1.29. The molecule has 0 fully saturated rings. The number of hydrogen-bond acceptors (Lipinski definition) is 3. The van der Waals surface area contributed by atoms with E-state index in [9.17, 15) is 9.90 Å². The Morgan fingerprint density at radius 1 is 1.62 bits per heavy atom. The lowest BCUT2D eigenvalue weighted by Crippen LogP contribution is -2.45. The van der Waals surface area contributed by atoms with E-state index in [4.69, 9.17) is 4.42 Å². The summed E-state index contributed by atoms with van der Waals surface area (Å²) < 4.78 is 5.19. The molecule has 1 aromatic heterocycles. The summed E-state index contributed by atoms with van der Waals surface area (Å²) in [5.74, 6) is 0.559. The van der Waals surface area contributed by atoms with Crippen LogP contribution in [0.25, 0.3) is 0 Å². The second kappa shape index (κ2) is 5.16. The maximum Gasteiger partial charge on any atom is 0.251 e. The van der Waals surface area contributed by atoms with Gasteiger partial charge in [0.05, 0.1) is 6.26 Å². The molecule has 1 amide bonds. The monoisotopic (exact) mass is 225 g/mol. The Morgan fingerprint density at radius 3 is 2.81 bits per heavy atom. The summed E-state index contributed by atoms with van der Waals surface area (Å²) in [5.41, 5.74) is -1.32. The Labute approximate surface area is 95.7 Å². The number of carbonyl (C=O) groups is 1. The first kappa shape index (κ1) is 12.8. The molecule has 1 unspecified atom stereocenters. The average Bonchev–Trinajstić information content (AvgIpc) is 2.65. The van der Waals surface area contributed by atoms with Gasteiger partial charge < -0.3 is 14.8 Å². The van der Waals surface area contributed by atoms with Gasteiger partial charge in [0.15, 0.2) is 0 Å². The van der Waals surface area contributed by atoms with Crippen LogP contribution < -0.4 is 5.32 Å². The van der Waals surface area contributed by atoms with Crippen molar-refractivity contribution in [1.29, 1.82) is 0 Å². The van der Waals surface area contributed by atoms with Gasteiger partial charge in [-0.25, -0.2) is 0 Å². The summed E-state index contributed by atoms with van der Waals surface area (Å²) in [5, 5.41) is 12.2. The molecule has 1 rings (SSSR count). The van der Waals surface area contributed by atoms with Crippen LogP contribution in [0.4, 0.5) is 0 Å². The molecule has 0 saturated carbocycles. The molecule has 90 valence electrons. The van der Waals surface area contributed by atoms with Crippen molar-refractivity contribution in [3.05, 3.63) is 24.2 Å². The molecule has 0 aliphatic rings. The minimum Gasteiger partial charge on any atom is -0.469 e. The molecule has 1 atom stereocenters. The van der Waals surface area contributed by atoms with Gasteiger partial charge in [-0.05, 0) is 39.3 Å². The van der Waals surface area contributed by atoms with Crippen molar-refractivity contribution >= 4 is 5.91 Å². The van der Waals surface area contributed by atoms with Crippen molar-refractivity contribution in [2.75, 3.05) is 0 Å². The van der Waals surface area contributed by atoms with Gasteiger partial charge in [-0.15, -0.1) is 0 Å². The zero-order chi connectivity index (χ0) is 12.2. The molecule has 4 nitrogen and oxygen atoms in total. The van der Waals surface area contributed by atoms with Crippen LogP contribution in [-0.4, -0.2) is 22.7 Å². The van der Waals surface area contributed by atoms with Crippen LogP contribution >= 0.6 is 0 Å². The highest BCUT2D eigenvalue weighted by molar-refractivity contribution is 5.84. The summed E-state index contributed by atoms with van der Waals surface area (Å²) in [6.45, 7) is 4.86. The van der Waals surface area contributed by atoms with E-state index in [1.54, 1.807) is 6.26 Å². The topological polar surface area (TPSA) is 62.5 Å². The van der Waals surface area contributed by atoms with Crippen molar-refractivity contribution in [3.63, 3.8) is 0 Å². The number of carbonyl (C=O) groups excluding carboxylic acids is 1. The number of aryl methyl sites for hydroxylation is 1. The highest BCUT2D eigenvalue weighted by atomic mass is 16.3. The molecule has 0 spiro atoms. The second-order valence-electron chi connectivity index (χ2n) is 4.55. The zero-order valence-electron chi connectivity index (χ0n) is 9.99. The van der Waals surface area contributed by atoms with E-state index in [0.29, 0.717) is 0 Å². The van der Waals surface area contributed by atoms with Crippen LogP contribution in [-0.2, 0) is 11.2 Å². The van der Waals surface area contributed by atoms with E-state index in [0.717, 1.165) is 18.6 Å². The van der Waals surface area contributed by atoms with E-state index in [2.05, 4.69) is 5.32 Å². The van der Waals surface area contributed by atoms with Crippen LogP contribution in [0.3, 0.4) is 0 Å². The average molecular weight is 225 g/mol. The number of furan rings is 1. The maximum absolute atomic E-state index is 11.5. The van der Waals surface area contributed by atoms with Gasteiger partial charge in [0.1, 0.15) is 11.4 Å². The fraction of sp³-hybridized carbons (Fsp3) is 0.583. The van der Waals surface area contributed by atoms with Gasteiger partial charge in [-0.2, -0.15) is 0 Å². The van der Waals surface area contributed by atoms with Crippen LogP contribution in [0.1, 0.15) is 33.0 Å². The Bertz CT molecular complexity index is 325. The predicted octanol–water partition coefficient (Wildman–Crippen LogP) is 1.49. The molecular formula is C12H19NO3. The molecule has 1 heterocycles. The summed E-state index contributed by atoms with van der Waals surface area (Å²) >= 11 is 0. The molecule has 2 N–H and O–H groups in total. The highest BCUT2D eigenvalue weighted by Gasteiger charge is 2.24. The number of amides is 1. The molecule has 1 aromatic rings. The zero-order valence-corrected chi connectivity index (χ0v) is 9.99. The number of rotatable bonds is 5. The standard InChI is InChI=1S/C12H19NO3/c1-9(13-11(14)12(2,3)15)6-7-10-5-4-8-16-10/h4-5,8-9,15H,6-7H2,1-3H3,(H,13,14). The maximum atomic E-state index is 11.5. The van der Waals surface area contributed by atoms with Gasteiger partial charge in [0.25, 0.3) is 5.91 Å². The smallest absolute Gasteiger partial charge is 0.251 e. The first-order chi connectivity index (χ1) is 7.39. The quantitative estimate of drug-likeness (QED) is 0.798. The first-order valence-corrected chi connectivity index (χ1v) is 5.45. The van der Waals surface area contributed by atoms with E-state index in [1.165, 1.54) is 13.8 Å². The summed E-state index contributed by atoms with van der Waals surface area (Å²) in [6.07, 6.45) is 3.20. The minimum absolute atomic E-state index is 0.0176. The number of hydrogen-bond donors (Lipinski definition) is 2. The lowest BCUT2D eigenvalue weighted by atomic mass is 10.1. The first-order valence-electron chi connectivity index (χ1n) is 5.45. The molecule has 4 heteroatoms. The molecule has 0 radical (unpaired) electrons. The third-order valence-electron chi connectivity index (χ3n) is 2.34. The molecule has 0 saturated heterocycles. The number of nitrogens with one attached hydrogen (secondary N) is 1. The van der Waals surface area contributed by atoms with Crippen LogP contribution in [0, 0.1) is 0 Å². The summed E-state index contributed by atoms with van der Waals surface area (Å²) in [6, 6.07) is 3.77.